The highest BCUT2D eigenvalue weighted by atomic mass is 32.2. The smallest absolute Gasteiger partial charge is 0.255 e. The summed E-state index contributed by atoms with van der Waals surface area (Å²) in [4.78, 5) is 16.4. The Hall–Kier alpha value is -3.23. The molecule has 0 saturated carbocycles. The van der Waals surface area contributed by atoms with E-state index in [1.54, 1.807) is 25.1 Å². The van der Waals surface area contributed by atoms with Gasteiger partial charge in [0.2, 0.25) is 0 Å². The van der Waals surface area contributed by atoms with E-state index in [-0.39, 0.29) is 5.91 Å². The molecule has 3 aromatic rings. The number of amides is 1. The minimum Gasteiger partial charge on any atom is -0.497 e. The highest BCUT2D eigenvalue weighted by molar-refractivity contribution is 7.99. The third kappa shape index (κ3) is 4.54. The standard InChI is InChI=1S/C23H20N2O2S/c1-25(16-17-11-13-19(27-2)14-12-17)23(26)20-8-4-6-10-22(20)28-21-9-5-3-7-18(21)15-24/h3-14H,16H2,1-2H3. The first kappa shape index (κ1) is 19.5. The molecule has 0 fully saturated rings. The zero-order chi connectivity index (χ0) is 19.9. The summed E-state index contributed by atoms with van der Waals surface area (Å²) in [6, 6.07) is 24.8. The van der Waals surface area contributed by atoms with E-state index in [2.05, 4.69) is 6.07 Å². The van der Waals surface area contributed by atoms with Gasteiger partial charge in [0.1, 0.15) is 11.8 Å². The highest BCUT2D eigenvalue weighted by Gasteiger charge is 2.17. The molecule has 0 aliphatic rings. The zero-order valence-electron chi connectivity index (χ0n) is 15.8. The second-order valence-electron chi connectivity index (χ2n) is 6.22. The summed E-state index contributed by atoms with van der Waals surface area (Å²) < 4.78 is 5.18. The lowest BCUT2D eigenvalue weighted by molar-refractivity contribution is 0.0781. The van der Waals surface area contributed by atoms with Crippen LogP contribution in [0.3, 0.4) is 0 Å². The van der Waals surface area contributed by atoms with E-state index in [0.717, 1.165) is 21.1 Å². The predicted octanol–water partition coefficient (Wildman–Crippen LogP) is 4.99. The van der Waals surface area contributed by atoms with Gasteiger partial charge in [-0.05, 0) is 42.0 Å². The van der Waals surface area contributed by atoms with Crippen molar-refractivity contribution < 1.29 is 9.53 Å². The molecule has 140 valence electrons. The van der Waals surface area contributed by atoms with Crippen LogP contribution in [0, 0.1) is 11.3 Å². The number of hydrogen-bond donors (Lipinski definition) is 0. The van der Waals surface area contributed by atoms with Crippen molar-refractivity contribution >= 4 is 17.7 Å². The Morgan fingerprint density at radius 2 is 1.64 bits per heavy atom. The average Bonchev–Trinajstić information content (AvgIpc) is 2.74. The zero-order valence-corrected chi connectivity index (χ0v) is 16.6. The SMILES string of the molecule is COc1ccc(CN(C)C(=O)c2ccccc2Sc2ccccc2C#N)cc1. The maximum absolute atomic E-state index is 13.1. The molecule has 3 rings (SSSR count). The molecular formula is C23H20N2O2S. The van der Waals surface area contributed by atoms with Crippen LogP contribution in [0.4, 0.5) is 0 Å². The van der Waals surface area contributed by atoms with Crippen LogP contribution in [-0.2, 0) is 6.54 Å². The van der Waals surface area contributed by atoms with Crippen molar-refractivity contribution in [1.29, 1.82) is 5.26 Å². The summed E-state index contributed by atoms with van der Waals surface area (Å²) in [7, 11) is 3.42. The molecule has 0 saturated heterocycles. The molecular weight excluding hydrogens is 368 g/mol. The van der Waals surface area contributed by atoms with E-state index in [1.165, 1.54) is 11.8 Å². The average molecular weight is 388 g/mol. The number of carbonyl (C=O) groups excluding carboxylic acids is 1. The molecule has 28 heavy (non-hydrogen) atoms. The largest absolute Gasteiger partial charge is 0.497 e. The van der Waals surface area contributed by atoms with E-state index >= 15 is 0 Å². The fourth-order valence-corrected chi connectivity index (χ4v) is 3.80. The second kappa shape index (κ2) is 9.12. The summed E-state index contributed by atoms with van der Waals surface area (Å²) in [5.74, 6) is 0.726. The van der Waals surface area contributed by atoms with Gasteiger partial charge in [-0.3, -0.25) is 4.79 Å². The van der Waals surface area contributed by atoms with Crippen LogP contribution in [-0.4, -0.2) is 25.0 Å². The van der Waals surface area contributed by atoms with Crippen LogP contribution in [0.2, 0.25) is 0 Å². The van der Waals surface area contributed by atoms with Gasteiger partial charge >= 0.3 is 0 Å². The van der Waals surface area contributed by atoms with Gasteiger partial charge in [0, 0.05) is 23.4 Å². The summed E-state index contributed by atoms with van der Waals surface area (Å²) in [5, 5.41) is 9.32. The Bertz CT molecular complexity index is 1010. The monoisotopic (exact) mass is 388 g/mol. The normalized spacial score (nSPS) is 10.2. The molecule has 0 aliphatic heterocycles. The van der Waals surface area contributed by atoms with Gasteiger partial charge in [0.25, 0.3) is 5.91 Å². The molecule has 0 N–H and O–H groups in total. The quantitative estimate of drug-likeness (QED) is 0.597. The molecule has 0 atom stereocenters. The first-order valence-corrected chi connectivity index (χ1v) is 9.58. The van der Waals surface area contributed by atoms with E-state index < -0.39 is 0 Å². The van der Waals surface area contributed by atoms with Crippen LogP contribution in [0.25, 0.3) is 0 Å². The molecule has 0 unspecified atom stereocenters. The molecule has 3 aromatic carbocycles. The fraction of sp³-hybridized carbons (Fsp3) is 0.130. The minimum absolute atomic E-state index is 0.0617. The van der Waals surface area contributed by atoms with Gasteiger partial charge in [-0.2, -0.15) is 5.26 Å². The van der Waals surface area contributed by atoms with Gasteiger partial charge in [0.05, 0.1) is 18.2 Å². The van der Waals surface area contributed by atoms with Crippen molar-refractivity contribution in [3.05, 3.63) is 89.5 Å². The van der Waals surface area contributed by atoms with Gasteiger partial charge in [-0.15, -0.1) is 0 Å². The maximum atomic E-state index is 13.1. The maximum Gasteiger partial charge on any atom is 0.255 e. The molecule has 1 amide bonds. The number of hydrogen-bond acceptors (Lipinski definition) is 4. The van der Waals surface area contributed by atoms with Crippen LogP contribution in [0.5, 0.6) is 5.75 Å². The highest BCUT2D eigenvalue weighted by Crippen LogP contribution is 2.33. The van der Waals surface area contributed by atoms with E-state index in [4.69, 9.17) is 4.74 Å². The first-order chi connectivity index (χ1) is 13.6. The topological polar surface area (TPSA) is 53.3 Å². The molecule has 0 heterocycles. The van der Waals surface area contributed by atoms with Crippen molar-refractivity contribution in [2.45, 2.75) is 16.3 Å². The van der Waals surface area contributed by atoms with E-state index in [0.29, 0.717) is 17.7 Å². The number of rotatable bonds is 6. The second-order valence-corrected chi connectivity index (χ2v) is 7.30. The van der Waals surface area contributed by atoms with Crippen molar-refractivity contribution in [2.24, 2.45) is 0 Å². The summed E-state index contributed by atoms with van der Waals surface area (Å²) in [6.07, 6.45) is 0. The van der Waals surface area contributed by atoms with Gasteiger partial charge < -0.3 is 9.64 Å². The van der Waals surface area contributed by atoms with Crippen molar-refractivity contribution in [1.82, 2.24) is 4.90 Å². The predicted molar refractivity (Wildman–Crippen MR) is 111 cm³/mol. The third-order valence-corrected chi connectivity index (χ3v) is 5.42. The van der Waals surface area contributed by atoms with Gasteiger partial charge in [-0.25, -0.2) is 0 Å². The molecule has 4 nitrogen and oxygen atoms in total. The minimum atomic E-state index is -0.0617. The number of nitrogens with zero attached hydrogens (tertiary/aromatic N) is 2. The van der Waals surface area contributed by atoms with Crippen molar-refractivity contribution in [2.75, 3.05) is 14.2 Å². The number of carbonyl (C=O) groups is 1. The van der Waals surface area contributed by atoms with Crippen molar-refractivity contribution in [3.63, 3.8) is 0 Å². The number of benzene rings is 3. The van der Waals surface area contributed by atoms with Gasteiger partial charge in [-0.1, -0.05) is 48.2 Å². The lowest BCUT2D eigenvalue weighted by atomic mass is 10.1. The van der Waals surface area contributed by atoms with Gasteiger partial charge in [0.15, 0.2) is 0 Å². The van der Waals surface area contributed by atoms with E-state index in [1.807, 2.05) is 66.7 Å². The third-order valence-electron chi connectivity index (χ3n) is 4.27. The first-order valence-electron chi connectivity index (χ1n) is 8.77. The number of methoxy groups -OCH3 is 1. The van der Waals surface area contributed by atoms with Crippen LogP contribution >= 0.6 is 11.8 Å². The fourth-order valence-electron chi connectivity index (χ4n) is 2.78. The lowest BCUT2D eigenvalue weighted by Crippen LogP contribution is -2.26. The Kier molecular flexibility index (Phi) is 6.36. The Labute approximate surface area is 169 Å². The summed E-state index contributed by atoms with van der Waals surface area (Å²) >= 11 is 1.44. The summed E-state index contributed by atoms with van der Waals surface area (Å²) in [6.45, 7) is 0.497. The van der Waals surface area contributed by atoms with Crippen LogP contribution < -0.4 is 4.74 Å². The van der Waals surface area contributed by atoms with Crippen LogP contribution in [0.1, 0.15) is 21.5 Å². The number of nitriles is 1. The molecule has 0 spiro atoms. The Balaban J connectivity index is 1.81. The lowest BCUT2D eigenvalue weighted by Gasteiger charge is -2.19. The Morgan fingerprint density at radius 3 is 2.32 bits per heavy atom. The molecule has 0 aliphatic carbocycles. The van der Waals surface area contributed by atoms with E-state index in [9.17, 15) is 10.1 Å². The van der Waals surface area contributed by atoms with Crippen molar-refractivity contribution in [3.8, 4) is 11.8 Å². The van der Waals surface area contributed by atoms with Crippen LogP contribution in [0.15, 0.2) is 82.6 Å². The molecule has 0 aromatic heterocycles. The molecule has 5 heteroatoms. The Morgan fingerprint density at radius 1 is 1.00 bits per heavy atom. The number of ether oxygens (including phenoxy) is 1. The molecule has 0 radical (unpaired) electrons. The molecule has 0 bridgehead atoms. The summed E-state index contributed by atoms with van der Waals surface area (Å²) in [5.41, 5.74) is 2.24.